The van der Waals surface area contributed by atoms with Crippen LogP contribution in [0.4, 0.5) is 0 Å². The van der Waals surface area contributed by atoms with Crippen molar-refractivity contribution in [3.05, 3.63) is 182 Å². The van der Waals surface area contributed by atoms with Crippen LogP contribution in [-0.4, -0.2) is 0 Å². The van der Waals surface area contributed by atoms with Crippen molar-refractivity contribution in [2.24, 2.45) is 0 Å². The summed E-state index contributed by atoms with van der Waals surface area (Å²) in [6.07, 6.45) is 0. The van der Waals surface area contributed by atoms with Crippen LogP contribution in [0.15, 0.2) is 182 Å². The molecule has 10 aromatic carbocycles. The van der Waals surface area contributed by atoms with Gasteiger partial charge in [-0.3, -0.25) is 0 Å². The molecule has 0 amide bonds. The third-order valence-corrected chi connectivity index (χ3v) is 13.8. The highest BCUT2D eigenvalue weighted by Gasteiger charge is 2.21. The number of thiophene rings is 2. The SMILES string of the molecule is c1ccc(-c2c3ccccc3c(-c3ccc(-c4cc5c6ccccc6sc5c5cc6sc7ccccc7c6cc45)c4ccccc34)c3ccccc23)cc1. The first kappa shape index (κ1) is 30.2. The molecule has 0 aliphatic heterocycles. The minimum absolute atomic E-state index is 1.24. The zero-order valence-corrected chi connectivity index (χ0v) is 30.8. The first-order valence-electron chi connectivity index (χ1n) is 18.5. The van der Waals surface area contributed by atoms with Crippen molar-refractivity contribution in [1.29, 1.82) is 0 Å². The van der Waals surface area contributed by atoms with Crippen LogP contribution in [0.25, 0.3) is 117 Å². The lowest BCUT2D eigenvalue weighted by Gasteiger charge is -2.20. The minimum Gasteiger partial charge on any atom is -0.135 e. The standard InChI is InChI=1S/C52H30S2/c1-2-14-31(15-3-1)50-37-20-6-8-22-39(37)51(40-23-9-7-21-38(40)50)41-27-26-34(32-16-4-5-17-33(32)41)42-29-45-36-19-11-13-25-48(36)54-52(45)46-30-49-44(28-43(42)46)35-18-10-12-24-47(35)53-49/h1-30H. The van der Waals surface area contributed by atoms with E-state index in [4.69, 9.17) is 0 Å². The second kappa shape index (κ2) is 11.6. The third kappa shape index (κ3) is 4.30. The van der Waals surface area contributed by atoms with E-state index in [1.54, 1.807) is 0 Å². The van der Waals surface area contributed by atoms with E-state index in [1.807, 2.05) is 22.7 Å². The molecule has 0 aliphatic rings. The fourth-order valence-corrected chi connectivity index (χ4v) is 11.5. The maximum Gasteiger partial charge on any atom is 0.0434 e. The summed E-state index contributed by atoms with van der Waals surface area (Å²) in [4.78, 5) is 0. The highest BCUT2D eigenvalue weighted by molar-refractivity contribution is 7.27. The van der Waals surface area contributed by atoms with E-state index >= 15 is 0 Å². The van der Waals surface area contributed by atoms with Gasteiger partial charge in [-0.2, -0.15) is 0 Å². The van der Waals surface area contributed by atoms with Gasteiger partial charge in [-0.1, -0.05) is 152 Å². The monoisotopic (exact) mass is 718 g/mol. The highest BCUT2D eigenvalue weighted by Crippen LogP contribution is 2.50. The van der Waals surface area contributed by atoms with E-state index in [0.29, 0.717) is 0 Å². The molecule has 2 heterocycles. The summed E-state index contributed by atoms with van der Waals surface area (Å²) in [7, 11) is 0. The van der Waals surface area contributed by atoms with Crippen molar-refractivity contribution in [2.75, 3.05) is 0 Å². The molecule has 12 aromatic rings. The predicted octanol–water partition coefficient (Wildman–Crippen LogP) is 16.0. The first-order chi connectivity index (χ1) is 26.8. The average molecular weight is 719 g/mol. The molecular weight excluding hydrogens is 689 g/mol. The van der Waals surface area contributed by atoms with Crippen LogP contribution in [-0.2, 0) is 0 Å². The van der Waals surface area contributed by atoms with E-state index in [0.717, 1.165) is 0 Å². The van der Waals surface area contributed by atoms with Crippen molar-refractivity contribution >= 4 is 106 Å². The van der Waals surface area contributed by atoms with Gasteiger partial charge in [-0.15, -0.1) is 22.7 Å². The largest absolute Gasteiger partial charge is 0.135 e. The molecule has 0 spiro atoms. The smallest absolute Gasteiger partial charge is 0.0434 e. The zero-order chi connectivity index (χ0) is 35.3. The summed E-state index contributed by atoms with van der Waals surface area (Å²) in [5.74, 6) is 0. The molecule has 2 aromatic heterocycles. The molecule has 0 aliphatic carbocycles. The minimum atomic E-state index is 1.24. The van der Waals surface area contributed by atoms with Crippen molar-refractivity contribution < 1.29 is 0 Å². The normalized spacial score (nSPS) is 12.1. The second-order valence-corrected chi connectivity index (χ2v) is 16.4. The van der Waals surface area contributed by atoms with Gasteiger partial charge in [0.1, 0.15) is 0 Å². The first-order valence-corrected chi connectivity index (χ1v) is 20.1. The van der Waals surface area contributed by atoms with Crippen LogP contribution in [0.2, 0.25) is 0 Å². The van der Waals surface area contributed by atoms with Crippen LogP contribution >= 0.6 is 22.7 Å². The average Bonchev–Trinajstić information content (AvgIpc) is 3.80. The van der Waals surface area contributed by atoms with E-state index in [1.165, 1.54) is 117 Å². The number of hydrogen-bond donors (Lipinski definition) is 0. The van der Waals surface area contributed by atoms with Crippen molar-refractivity contribution in [2.45, 2.75) is 0 Å². The fraction of sp³-hybridized carbons (Fsp3) is 0. The lowest BCUT2D eigenvalue weighted by molar-refractivity contribution is 1.66. The Hall–Kier alpha value is -6.32. The van der Waals surface area contributed by atoms with Crippen molar-refractivity contribution in [3.63, 3.8) is 0 Å². The predicted molar refractivity (Wildman–Crippen MR) is 239 cm³/mol. The molecule has 54 heavy (non-hydrogen) atoms. The highest BCUT2D eigenvalue weighted by atomic mass is 32.1. The van der Waals surface area contributed by atoms with Crippen molar-refractivity contribution in [3.8, 4) is 33.4 Å². The zero-order valence-electron chi connectivity index (χ0n) is 29.1. The lowest BCUT2D eigenvalue weighted by Crippen LogP contribution is -1.92. The van der Waals surface area contributed by atoms with Gasteiger partial charge in [-0.25, -0.2) is 0 Å². The number of hydrogen-bond acceptors (Lipinski definition) is 2. The Bertz CT molecular complexity index is 3430. The molecule has 250 valence electrons. The Morgan fingerprint density at radius 1 is 0.241 bits per heavy atom. The number of rotatable bonds is 3. The van der Waals surface area contributed by atoms with Gasteiger partial charge >= 0.3 is 0 Å². The molecule has 0 radical (unpaired) electrons. The van der Waals surface area contributed by atoms with Crippen LogP contribution in [0.5, 0.6) is 0 Å². The number of fused-ring (bicyclic) bond motifs is 11. The molecular formula is C52H30S2. The molecule has 0 N–H and O–H groups in total. The Labute approximate surface area is 319 Å². The molecule has 0 atom stereocenters. The van der Waals surface area contributed by atoms with Gasteiger partial charge in [-0.05, 0) is 101 Å². The molecule has 0 bridgehead atoms. The van der Waals surface area contributed by atoms with E-state index < -0.39 is 0 Å². The Kier molecular flexibility index (Phi) is 6.48. The summed E-state index contributed by atoms with van der Waals surface area (Å²) < 4.78 is 5.38. The van der Waals surface area contributed by atoms with Gasteiger partial charge in [0.15, 0.2) is 0 Å². The van der Waals surface area contributed by atoms with Gasteiger partial charge < -0.3 is 0 Å². The molecule has 0 unspecified atom stereocenters. The molecule has 0 saturated carbocycles. The molecule has 0 fully saturated rings. The maximum atomic E-state index is 2.48. The van der Waals surface area contributed by atoms with Crippen molar-refractivity contribution in [1.82, 2.24) is 0 Å². The van der Waals surface area contributed by atoms with Gasteiger partial charge in [0.25, 0.3) is 0 Å². The summed E-state index contributed by atoms with van der Waals surface area (Å²) >= 11 is 3.82. The van der Waals surface area contributed by atoms with Crippen LogP contribution in [0, 0.1) is 0 Å². The molecule has 0 saturated heterocycles. The second-order valence-electron chi connectivity index (χ2n) is 14.3. The van der Waals surface area contributed by atoms with Gasteiger partial charge in [0.05, 0.1) is 0 Å². The fourth-order valence-electron chi connectivity index (χ4n) is 9.12. The molecule has 0 nitrogen and oxygen atoms in total. The van der Waals surface area contributed by atoms with Crippen LogP contribution in [0.3, 0.4) is 0 Å². The van der Waals surface area contributed by atoms with Crippen LogP contribution in [0.1, 0.15) is 0 Å². The third-order valence-electron chi connectivity index (χ3n) is 11.5. The van der Waals surface area contributed by atoms with Gasteiger partial charge in [0.2, 0.25) is 0 Å². The Morgan fingerprint density at radius 2 is 0.722 bits per heavy atom. The summed E-state index contributed by atoms with van der Waals surface area (Å²) in [5.41, 5.74) is 7.65. The topological polar surface area (TPSA) is 0 Å². The van der Waals surface area contributed by atoms with Gasteiger partial charge in [0, 0.05) is 45.7 Å². The molecule has 2 heteroatoms. The summed E-state index contributed by atoms with van der Waals surface area (Å²) in [6.45, 7) is 0. The van der Waals surface area contributed by atoms with Crippen LogP contribution < -0.4 is 0 Å². The number of benzene rings is 10. The maximum absolute atomic E-state index is 2.48. The van der Waals surface area contributed by atoms with E-state index in [2.05, 4.69) is 182 Å². The van der Waals surface area contributed by atoms with E-state index in [-0.39, 0.29) is 0 Å². The lowest BCUT2D eigenvalue weighted by atomic mass is 9.83. The van der Waals surface area contributed by atoms with E-state index in [9.17, 15) is 0 Å². The Balaban J connectivity index is 1.19. The summed E-state index contributed by atoms with van der Waals surface area (Å²) in [5, 5.41) is 15.6. The summed E-state index contributed by atoms with van der Waals surface area (Å²) in [6, 6.07) is 67.9. The Morgan fingerprint density at radius 3 is 1.39 bits per heavy atom. The molecule has 12 rings (SSSR count). The quantitative estimate of drug-likeness (QED) is 0.160.